The third kappa shape index (κ3) is 6.45. The van der Waals surface area contributed by atoms with Crippen LogP contribution in [0.15, 0.2) is 46.6 Å². The molecule has 0 bridgehead atoms. The minimum atomic E-state index is -2.44. The van der Waals surface area contributed by atoms with Crippen LogP contribution in [-0.2, 0) is 0 Å². The lowest BCUT2D eigenvalue weighted by atomic mass is 9.86. The van der Waals surface area contributed by atoms with Gasteiger partial charge in [0.15, 0.2) is 8.32 Å². The summed E-state index contributed by atoms with van der Waals surface area (Å²) in [6.45, 7) is 12.2. The highest BCUT2D eigenvalue weighted by molar-refractivity contribution is 6.72. The number of non-ortho nitro benzene ring substituents is 1. The predicted molar refractivity (Wildman–Crippen MR) is 152 cm³/mol. The Bertz CT molecular complexity index is 1280. The van der Waals surface area contributed by atoms with E-state index in [0.717, 1.165) is 34.7 Å². The van der Waals surface area contributed by atoms with Crippen LogP contribution in [0.3, 0.4) is 0 Å². The number of anilines is 1. The zero-order chi connectivity index (χ0) is 27.5. The molecule has 3 rings (SSSR count). The average molecular weight is 540 g/mol. The molecule has 1 aliphatic rings. The first-order valence-electron chi connectivity index (χ1n) is 12.3. The lowest BCUT2D eigenvalue weighted by molar-refractivity contribution is -0.384. The molecule has 196 valence electrons. The Hall–Kier alpha value is -3.06. The lowest BCUT2D eigenvalue weighted by Gasteiger charge is -2.40. The van der Waals surface area contributed by atoms with E-state index in [9.17, 15) is 20.2 Å². The summed E-state index contributed by atoms with van der Waals surface area (Å²) in [5, 5.41) is 33.2. The highest BCUT2D eigenvalue weighted by atomic mass is 35.5. The van der Waals surface area contributed by atoms with Crippen LogP contribution in [0.5, 0.6) is 0 Å². The summed E-state index contributed by atoms with van der Waals surface area (Å²) in [4.78, 5) is 21.5. The molecule has 0 spiro atoms. The molecule has 10 heteroatoms. The number of hydrogen-bond acceptors (Lipinski definition) is 7. The summed E-state index contributed by atoms with van der Waals surface area (Å²) in [5.74, 6) is 0.109. The second-order valence-electron chi connectivity index (χ2n) is 10.9. The van der Waals surface area contributed by atoms with Gasteiger partial charge < -0.3 is 10.1 Å². The Morgan fingerprint density at radius 1 is 1.22 bits per heavy atom. The Morgan fingerprint density at radius 3 is 2.38 bits per heavy atom. The van der Waals surface area contributed by atoms with E-state index < -0.39 is 13.2 Å². The lowest BCUT2D eigenvalue weighted by Crippen LogP contribution is -2.44. The fraction of sp³-hybridized carbons (Fsp3) is 0.444. The molecule has 0 saturated heterocycles. The molecule has 2 atom stereocenters. The standard InChI is InChI=1S/C27H34ClN5O3Si/c1-17(15-27(3,4)37(5,6)36)26(30-22-12-9-20(16-29)25(28)18(22)2)24-14-13-23(31-32-24)19-7-10-21(11-8-19)33(34)35/h7-12,17,26,30,36H,13-15H2,1-6H3/t17-,26-/m1/s1. The van der Waals surface area contributed by atoms with Crippen LogP contribution in [-0.4, -0.2) is 35.5 Å². The highest BCUT2D eigenvalue weighted by Crippen LogP contribution is 2.43. The molecule has 2 aromatic rings. The molecule has 1 heterocycles. The number of nitrogens with zero attached hydrogens (tertiary/aromatic N) is 4. The normalized spacial score (nSPS) is 15.8. The molecule has 0 saturated carbocycles. The molecule has 0 aliphatic carbocycles. The van der Waals surface area contributed by atoms with Crippen LogP contribution >= 0.6 is 11.6 Å². The third-order valence-electron chi connectivity index (χ3n) is 7.56. The molecule has 1 aliphatic heterocycles. The molecule has 2 N–H and O–H groups in total. The maximum atomic E-state index is 11.0. The van der Waals surface area contributed by atoms with Crippen LogP contribution in [0.2, 0.25) is 23.2 Å². The van der Waals surface area contributed by atoms with Crippen LogP contribution in [0, 0.1) is 34.3 Å². The van der Waals surface area contributed by atoms with Gasteiger partial charge in [0, 0.05) is 17.8 Å². The van der Waals surface area contributed by atoms with Crippen molar-refractivity contribution in [3.63, 3.8) is 0 Å². The van der Waals surface area contributed by atoms with Gasteiger partial charge in [0.1, 0.15) is 6.07 Å². The SMILES string of the molecule is Cc1c(N[C@@H](C2=NN=C(c3ccc([N+](=O)[O-])cc3)CC2)[C@H](C)CC(C)(C)[Si](C)(C)O)ccc(C#N)c1Cl. The topological polar surface area (TPSA) is 124 Å². The zero-order valence-corrected chi connectivity index (χ0v) is 23.9. The van der Waals surface area contributed by atoms with E-state index in [-0.39, 0.29) is 22.7 Å². The second kappa shape index (κ2) is 11.1. The summed E-state index contributed by atoms with van der Waals surface area (Å²) in [6, 6.07) is 11.9. The van der Waals surface area contributed by atoms with Crippen molar-refractivity contribution in [2.45, 2.75) is 71.1 Å². The van der Waals surface area contributed by atoms with Crippen molar-refractivity contribution in [3.05, 3.63) is 68.2 Å². The van der Waals surface area contributed by atoms with Crippen molar-refractivity contribution in [2.75, 3.05) is 5.32 Å². The minimum Gasteiger partial charge on any atom is -0.432 e. The number of rotatable bonds is 9. The van der Waals surface area contributed by atoms with Crippen molar-refractivity contribution < 1.29 is 9.72 Å². The number of nitro benzene ring substituents is 1. The molecule has 8 nitrogen and oxygen atoms in total. The molecule has 0 aromatic heterocycles. The smallest absolute Gasteiger partial charge is 0.269 e. The van der Waals surface area contributed by atoms with Gasteiger partial charge in [-0.3, -0.25) is 10.1 Å². The summed E-state index contributed by atoms with van der Waals surface area (Å²) in [6.07, 6.45) is 2.10. The number of benzene rings is 2. The van der Waals surface area contributed by atoms with E-state index in [0.29, 0.717) is 23.4 Å². The molecule has 0 unspecified atom stereocenters. The molecule has 37 heavy (non-hydrogen) atoms. The minimum absolute atomic E-state index is 0.0388. The summed E-state index contributed by atoms with van der Waals surface area (Å²) in [5.41, 5.74) is 4.58. The van der Waals surface area contributed by atoms with E-state index in [1.165, 1.54) is 12.1 Å². The number of nitriles is 1. The number of nitro groups is 1. The van der Waals surface area contributed by atoms with Gasteiger partial charge >= 0.3 is 0 Å². The number of hydrogen-bond donors (Lipinski definition) is 2. The predicted octanol–water partition coefficient (Wildman–Crippen LogP) is 6.85. The van der Waals surface area contributed by atoms with Crippen molar-refractivity contribution in [1.29, 1.82) is 5.26 Å². The van der Waals surface area contributed by atoms with Crippen molar-refractivity contribution in [2.24, 2.45) is 16.1 Å². The highest BCUT2D eigenvalue weighted by Gasteiger charge is 2.41. The van der Waals surface area contributed by atoms with E-state index in [4.69, 9.17) is 11.6 Å². The molecule has 0 radical (unpaired) electrons. The molecular formula is C27H34ClN5O3Si. The van der Waals surface area contributed by atoms with Gasteiger partial charge in [-0.25, -0.2) is 0 Å². The van der Waals surface area contributed by atoms with Crippen molar-refractivity contribution >= 4 is 42.7 Å². The second-order valence-corrected chi connectivity index (χ2v) is 15.7. The molecule has 0 fully saturated rings. The van der Waals surface area contributed by atoms with Gasteiger partial charge in [-0.05, 0) is 85.6 Å². The first kappa shape index (κ1) is 28.5. The van der Waals surface area contributed by atoms with E-state index >= 15 is 0 Å². The first-order valence-corrected chi connectivity index (χ1v) is 15.6. The average Bonchev–Trinajstić information content (AvgIpc) is 2.84. The van der Waals surface area contributed by atoms with Crippen molar-refractivity contribution in [1.82, 2.24) is 0 Å². The Labute approximate surface area is 224 Å². The Kier molecular flexibility index (Phi) is 8.58. The maximum absolute atomic E-state index is 11.0. The van der Waals surface area contributed by atoms with Crippen molar-refractivity contribution in [3.8, 4) is 6.07 Å². The van der Waals surface area contributed by atoms with Gasteiger partial charge in [0.25, 0.3) is 5.69 Å². The van der Waals surface area contributed by atoms with Crippen LogP contribution < -0.4 is 5.32 Å². The summed E-state index contributed by atoms with van der Waals surface area (Å²) in [7, 11) is -2.44. The van der Waals surface area contributed by atoms with Gasteiger partial charge in [0.05, 0.1) is 33.0 Å². The van der Waals surface area contributed by atoms with Crippen LogP contribution in [0.25, 0.3) is 0 Å². The fourth-order valence-electron chi connectivity index (χ4n) is 4.49. The van der Waals surface area contributed by atoms with Gasteiger partial charge in [-0.2, -0.15) is 15.5 Å². The van der Waals surface area contributed by atoms with Crippen LogP contribution in [0.1, 0.15) is 56.7 Å². The molecule has 0 amide bonds. The molecular weight excluding hydrogens is 506 g/mol. The maximum Gasteiger partial charge on any atom is 0.269 e. The Morgan fingerprint density at radius 2 is 1.86 bits per heavy atom. The molecule has 2 aromatic carbocycles. The number of halogens is 1. The first-order chi connectivity index (χ1) is 17.2. The van der Waals surface area contributed by atoms with Crippen LogP contribution in [0.4, 0.5) is 11.4 Å². The van der Waals surface area contributed by atoms with E-state index in [2.05, 4.69) is 42.4 Å². The zero-order valence-electron chi connectivity index (χ0n) is 22.2. The third-order valence-corrected chi connectivity index (χ3v) is 11.6. The number of nitrogens with one attached hydrogen (secondary N) is 1. The Balaban J connectivity index is 1.96. The largest absolute Gasteiger partial charge is 0.432 e. The monoisotopic (exact) mass is 539 g/mol. The quantitative estimate of drug-likeness (QED) is 0.205. The van der Waals surface area contributed by atoms with Gasteiger partial charge in [-0.15, -0.1) is 0 Å². The van der Waals surface area contributed by atoms with Gasteiger partial charge in [-0.1, -0.05) is 32.4 Å². The van der Waals surface area contributed by atoms with Gasteiger partial charge in [0.2, 0.25) is 0 Å². The van der Waals surface area contributed by atoms with E-state index in [1.54, 1.807) is 18.2 Å². The summed E-state index contributed by atoms with van der Waals surface area (Å²) < 4.78 is 0. The summed E-state index contributed by atoms with van der Waals surface area (Å²) >= 11 is 6.45. The van der Waals surface area contributed by atoms with E-state index in [1.807, 2.05) is 26.1 Å². The fourth-order valence-corrected chi connectivity index (χ4v) is 5.52.